The molecular weight excluding hydrogens is 212 g/mol. The maximum Gasteiger partial charge on any atom is 0.225 e. The zero-order valence-electron chi connectivity index (χ0n) is 10.2. The summed E-state index contributed by atoms with van der Waals surface area (Å²) in [5.41, 5.74) is 7.07. The lowest BCUT2D eigenvalue weighted by atomic mass is 10.0. The lowest BCUT2D eigenvalue weighted by Gasteiger charge is -2.19. The lowest BCUT2D eigenvalue weighted by molar-refractivity contribution is -0.125. The van der Waals surface area contributed by atoms with E-state index in [9.17, 15) is 4.79 Å². The number of carbonyl (C=O) groups is 1. The first kappa shape index (κ1) is 12.1. The van der Waals surface area contributed by atoms with Crippen LogP contribution in [0.1, 0.15) is 37.8 Å². The maximum absolute atomic E-state index is 12.0. The molecule has 1 amide bonds. The van der Waals surface area contributed by atoms with Gasteiger partial charge in [-0.25, -0.2) is 0 Å². The molecule has 1 saturated carbocycles. The number of amides is 1. The van der Waals surface area contributed by atoms with Gasteiger partial charge in [-0.15, -0.1) is 0 Å². The Morgan fingerprint density at radius 1 is 1.35 bits per heavy atom. The molecule has 2 rings (SSSR count). The molecule has 1 fully saturated rings. The molecule has 0 unspecified atom stereocenters. The van der Waals surface area contributed by atoms with Crippen molar-refractivity contribution in [2.75, 3.05) is 0 Å². The normalized spacial score (nSPS) is 25.5. The van der Waals surface area contributed by atoms with Crippen LogP contribution in [0.25, 0.3) is 0 Å². The van der Waals surface area contributed by atoms with Gasteiger partial charge in [0, 0.05) is 6.04 Å². The minimum Gasteiger partial charge on any atom is -0.349 e. The van der Waals surface area contributed by atoms with E-state index in [0.29, 0.717) is 0 Å². The van der Waals surface area contributed by atoms with Crippen molar-refractivity contribution in [1.82, 2.24) is 5.32 Å². The fraction of sp³-hybridized carbons (Fsp3) is 0.500. The topological polar surface area (TPSA) is 55.1 Å². The van der Waals surface area contributed by atoms with Crippen LogP contribution in [0.3, 0.4) is 0 Å². The second-order valence-electron chi connectivity index (χ2n) is 4.84. The van der Waals surface area contributed by atoms with E-state index in [1.54, 1.807) is 0 Å². The van der Waals surface area contributed by atoms with E-state index in [1.165, 1.54) is 0 Å². The summed E-state index contributed by atoms with van der Waals surface area (Å²) in [7, 11) is 0. The highest BCUT2D eigenvalue weighted by atomic mass is 16.2. The van der Waals surface area contributed by atoms with Gasteiger partial charge < -0.3 is 11.1 Å². The molecule has 3 heteroatoms. The van der Waals surface area contributed by atoms with E-state index >= 15 is 0 Å². The Bertz CT molecular complexity index is 377. The Hall–Kier alpha value is -1.35. The molecule has 0 radical (unpaired) electrons. The number of carbonyl (C=O) groups excluding carboxylic acids is 1. The number of nitrogens with one attached hydrogen (secondary N) is 1. The molecule has 1 aliphatic rings. The van der Waals surface area contributed by atoms with Crippen LogP contribution >= 0.6 is 0 Å². The molecule has 1 aliphatic carbocycles. The van der Waals surface area contributed by atoms with Crippen molar-refractivity contribution < 1.29 is 4.79 Å². The van der Waals surface area contributed by atoms with Crippen molar-refractivity contribution in [2.45, 2.75) is 38.3 Å². The highest BCUT2D eigenvalue weighted by molar-refractivity contribution is 5.80. The molecule has 0 bridgehead atoms. The fourth-order valence-corrected chi connectivity index (χ4v) is 2.46. The third kappa shape index (κ3) is 2.86. The first-order chi connectivity index (χ1) is 8.18. The zero-order valence-corrected chi connectivity index (χ0v) is 10.2. The quantitative estimate of drug-likeness (QED) is 0.837. The number of nitrogens with two attached hydrogens (primary N) is 1. The molecule has 1 aromatic carbocycles. The Kier molecular flexibility index (Phi) is 3.79. The van der Waals surface area contributed by atoms with Gasteiger partial charge in [-0.2, -0.15) is 0 Å². The smallest absolute Gasteiger partial charge is 0.225 e. The lowest BCUT2D eigenvalue weighted by Crippen LogP contribution is -2.39. The predicted octanol–water partition coefficient (Wildman–Crippen LogP) is 1.99. The van der Waals surface area contributed by atoms with Gasteiger partial charge in [0.2, 0.25) is 5.91 Å². The molecule has 3 N–H and O–H groups in total. The van der Waals surface area contributed by atoms with Gasteiger partial charge in [0.1, 0.15) is 0 Å². The van der Waals surface area contributed by atoms with Crippen molar-refractivity contribution in [3.05, 3.63) is 35.9 Å². The van der Waals surface area contributed by atoms with Crippen molar-refractivity contribution in [3.8, 4) is 0 Å². The first-order valence-electron chi connectivity index (χ1n) is 6.29. The van der Waals surface area contributed by atoms with Crippen LogP contribution in [-0.2, 0) is 4.79 Å². The number of hydrogen-bond acceptors (Lipinski definition) is 2. The minimum absolute atomic E-state index is 0.00108. The molecule has 0 saturated heterocycles. The predicted molar refractivity (Wildman–Crippen MR) is 68.3 cm³/mol. The largest absolute Gasteiger partial charge is 0.349 e. The SMILES string of the molecule is C[C@@H](NC(=O)[C@@H]1CCC[C@@H]1N)c1ccccc1. The van der Waals surface area contributed by atoms with Crippen LogP contribution in [0.2, 0.25) is 0 Å². The summed E-state index contributed by atoms with van der Waals surface area (Å²) in [5.74, 6) is 0.104. The summed E-state index contributed by atoms with van der Waals surface area (Å²) in [6, 6.07) is 10.1. The van der Waals surface area contributed by atoms with E-state index < -0.39 is 0 Å². The van der Waals surface area contributed by atoms with Crippen LogP contribution in [0.4, 0.5) is 0 Å². The van der Waals surface area contributed by atoms with Crippen LogP contribution < -0.4 is 11.1 Å². The molecule has 17 heavy (non-hydrogen) atoms. The van der Waals surface area contributed by atoms with E-state index in [1.807, 2.05) is 37.3 Å². The summed E-state index contributed by atoms with van der Waals surface area (Å²) < 4.78 is 0. The fourth-order valence-electron chi connectivity index (χ4n) is 2.46. The molecule has 3 nitrogen and oxygen atoms in total. The first-order valence-corrected chi connectivity index (χ1v) is 6.29. The average Bonchev–Trinajstić information content (AvgIpc) is 2.76. The molecule has 0 aromatic heterocycles. The molecule has 1 aromatic rings. The summed E-state index contributed by atoms with van der Waals surface area (Å²) in [4.78, 5) is 12.0. The van der Waals surface area contributed by atoms with E-state index in [-0.39, 0.29) is 23.9 Å². The van der Waals surface area contributed by atoms with Gasteiger partial charge in [0.05, 0.1) is 12.0 Å². The Morgan fingerprint density at radius 3 is 2.65 bits per heavy atom. The van der Waals surface area contributed by atoms with E-state index in [2.05, 4.69) is 5.32 Å². The minimum atomic E-state index is 0.00108. The zero-order chi connectivity index (χ0) is 12.3. The van der Waals surface area contributed by atoms with Crippen molar-refractivity contribution in [2.24, 2.45) is 11.7 Å². The van der Waals surface area contributed by atoms with E-state index in [4.69, 9.17) is 5.73 Å². The Labute approximate surface area is 102 Å². The second kappa shape index (κ2) is 5.32. The third-order valence-electron chi connectivity index (χ3n) is 3.56. The highest BCUT2D eigenvalue weighted by Crippen LogP contribution is 2.25. The summed E-state index contributed by atoms with van der Waals surface area (Å²) in [5, 5.41) is 3.05. The van der Waals surface area contributed by atoms with Gasteiger partial charge in [0.15, 0.2) is 0 Å². The van der Waals surface area contributed by atoms with Gasteiger partial charge in [0.25, 0.3) is 0 Å². The molecule has 0 aliphatic heterocycles. The summed E-state index contributed by atoms with van der Waals surface area (Å²) >= 11 is 0. The number of rotatable bonds is 3. The average molecular weight is 232 g/mol. The molecule has 0 spiro atoms. The molecular formula is C14H20N2O. The van der Waals surface area contributed by atoms with Crippen LogP contribution in [-0.4, -0.2) is 11.9 Å². The Morgan fingerprint density at radius 2 is 2.06 bits per heavy atom. The van der Waals surface area contributed by atoms with Gasteiger partial charge in [-0.05, 0) is 25.3 Å². The van der Waals surface area contributed by atoms with E-state index in [0.717, 1.165) is 24.8 Å². The highest BCUT2D eigenvalue weighted by Gasteiger charge is 2.30. The van der Waals surface area contributed by atoms with Gasteiger partial charge >= 0.3 is 0 Å². The van der Waals surface area contributed by atoms with Crippen molar-refractivity contribution in [1.29, 1.82) is 0 Å². The number of hydrogen-bond donors (Lipinski definition) is 2. The van der Waals surface area contributed by atoms with Crippen molar-refractivity contribution in [3.63, 3.8) is 0 Å². The van der Waals surface area contributed by atoms with Crippen molar-refractivity contribution >= 4 is 5.91 Å². The van der Waals surface area contributed by atoms with Crippen LogP contribution in [0, 0.1) is 5.92 Å². The van der Waals surface area contributed by atoms with Crippen LogP contribution in [0.15, 0.2) is 30.3 Å². The maximum atomic E-state index is 12.0. The summed E-state index contributed by atoms with van der Waals surface area (Å²) in [6.45, 7) is 2.01. The molecule has 0 heterocycles. The molecule has 3 atom stereocenters. The Balaban J connectivity index is 1.95. The van der Waals surface area contributed by atoms with Crippen LogP contribution in [0.5, 0.6) is 0 Å². The second-order valence-corrected chi connectivity index (χ2v) is 4.84. The van der Waals surface area contributed by atoms with Gasteiger partial charge in [-0.3, -0.25) is 4.79 Å². The summed E-state index contributed by atoms with van der Waals surface area (Å²) in [6.07, 6.45) is 2.96. The van der Waals surface area contributed by atoms with Gasteiger partial charge in [-0.1, -0.05) is 36.8 Å². The molecule has 92 valence electrons. The number of benzene rings is 1. The third-order valence-corrected chi connectivity index (χ3v) is 3.56. The monoisotopic (exact) mass is 232 g/mol. The standard InChI is InChI=1S/C14H20N2O/c1-10(11-6-3-2-4-7-11)16-14(17)12-8-5-9-13(12)15/h2-4,6-7,10,12-13H,5,8-9,15H2,1H3,(H,16,17)/t10-,12-,13+/m1/s1.